The van der Waals surface area contributed by atoms with Crippen LogP contribution in [0.5, 0.6) is 5.75 Å². The van der Waals surface area contributed by atoms with Crippen molar-refractivity contribution < 1.29 is 19.7 Å². The molecule has 10 nitrogen and oxygen atoms in total. The van der Waals surface area contributed by atoms with Crippen molar-refractivity contribution in [2.75, 3.05) is 18.5 Å². The Bertz CT molecular complexity index is 1060. The lowest BCUT2D eigenvalue weighted by molar-refractivity contribution is -0.119. The molecule has 4 rings (SSSR count). The molecule has 10 heteroatoms. The van der Waals surface area contributed by atoms with Crippen molar-refractivity contribution in [1.82, 2.24) is 25.1 Å². The molecule has 1 amide bonds. The van der Waals surface area contributed by atoms with E-state index in [4.69, 9.17) is 9.84 Å². The van der Waals surface area contributed by atoms with E-state index in [-0.39, 0.29) is 31.2 Å². The Labute approximate surface area is 185 Å². The minimum absolute atomic E-state index is 0.00739. The van der Waals surface area contributed by atoms with E-state index in [9.17, 15) is 9.90 Å². The van der Waals surface area contributed by atoms with Crippen LogP contribution in [0.4, 0.5) is 5.95 Å². The zero-order valence-electron chi connectivity index (χ0n) is 17.9. The molecule has 4 N–H and O–H groups in total. The van der Waals surface area contributed by atoms with E-state index >= 15 is 0 Å². The second kappa shape index (κ2) is 9.92. The van der Waals surface area contributed by atoms with Gasteiger partial charge in [0, 0.05) is 31.3 Å². The Morgan fingerprint density at radius 1 is 1.25 bits per heavy atom. The molecule has 1 fully saturated rings. The molecule has 0 bridgehead atoms. The molecule has 0 saturated heterocycles. The monoisotopic (exact) mass is 440 g/mol. The van der Waals surface area contributed by atoms with E-state index in [1.54, 1.807) is 36.1 Å². The summed E-state index contributed by atoms with van der Waals surface area (Å²) in [4.78, 5) is 20.2. The summed E-state index contributed by atoms with van der Waals surface area (Å²) < 4.78 is 7.36. The highest BCUT2D eigenvalue weighted by Crippen LogP contribution is 2.27. The first-order chi connectivity index (χ1) is 15.5. The van der Waals surface area contributed by atoms with Gasteiger partial charge in [0.25, 0.3) is 0 Å². The number of anilines is 1. The summed E-state index contributed by atoms with van der Waals surface area (Å²) in [5.41, 5.74) is 0.807. The highest BCUT2D eigenvalue weighted by Gasteiger charge is 2.22. The van der Waals surface area contributed by atoms with E-state index in [2.05, 4.69) is 25.7 Å². The van der Waals surface area contributed by atoms with Crippen LogP contribution < -0.4 is 15.4 Å². The van der Waals surface area contributed by atoms with Gasteiger partial charge < -0.3 is 25.6 Å². The minimum atomic E-state index is -0.941. The van der Waals surface area contributed by atoms with Crippen molar-refractivity contribution in [2.45, 2.75) is 50.8 Å². The van der Waals surface area contributed by atoms with E-state index in [0.717, 1.165) is 36.6 Å². The van der Waals surface area contributed by atoms with Gasteiger partial charge in [0.05, 0.1) is 23.7 Å². The summed E-state index contributed by atoms with van der Waals surface area (Å²) in [7, 11) is 0. The standard InChI is InChI=1S/C22H28N6O4/c1-14(30)25-15-5-7-16(8-6-15)26-22-23-10-9-21(27-22)28-19-3-2-4-20(18(19)11-24-28)32-13-17(31)12-29/h2-4,9-11,15-17,29,31H,5-8,12-13H2,1H3,(H,25,30)(H,23,26,27)/t15-,16-,17-/m0/s1. The number of nitrogens with one attached hydrogen (secondary N) is 2. The third-order valence-electron chi connectivity index (χ3n) is 5.54. The lowest BCUT2D eigenvalue weighted by Crippen LogP contribution is -2.39. The maximum atomic E-state index is 11.2. The van der Waals surface area contributed by atoms with Gasteiger partial charge in [-0.15, -0.1) is 0 Å². The first-order valence-electron chi connectivity index (χ1n) is 10.8. The number of carbonyl (C=O) groups is 1. The average Bonchev–Trinajstić information content (AvgIpc) is 3.23. The summed E-state index contributed by atoms with van der Waals surface area (Å²) in [5.74, 6) is 1.75. The molecular formula is C22H28N6O4. The first-order valence-corrected chi connectivity index (χ1v) is 10.8. The van der Waals surface area contributed by atoms with E-state index < -0.39 is 6.10 Å². The van der Waals surface area contributed by atoms with Crippen LogP contribution in [0.15, 0.2) is 36.7 Å². The van der Waals surface area contributed by atoms with Gasteiger partial charge in [-0.3, -0.25) is 4.79 Å². The van der Waals surface area contributed by atoms with Crippen LogP contribution in [0.3, 0.4) is 0 Å². The second-order valence-corrected chi connectivity index (χ2v) is 8.02. The lowest BCUT2D eigenvalue weighted by atomic mass is 9.91. The largest absolute Gasteiger partial charge is 0.490 e. The van der Waals surface area contributed by atoms with Gasteiger partial charge in [0.1, 0.15) is 18.5 Å². The molecular weight excluding hydrogens is 412 g/mol. The van der Waals surface area contributed by atoms with E-state index in [0.29, 0.717) is 17.5 Å². The zero-order chi connectivity index (χ0) is 22.5. The Morgan fingerprint density at radius 3 is 2.78 bits per heavy atom. The van der Waals surface area contributed by atoms with Crippen molar-refractivity contribution in [2.24, 2.45) is 0 Å². The maximum Gasteiger partial charge on any atom is 0.224 e. The van der Waals surface area contributed by atoms with Crippen molar-refractivity contribution in [3.05, 3.63) is 36.7 Å². The highest BCUT2D eigenvalue weighted by atomic mass is 16.5. The molecule has 170 valence electrons. The average molecular weight is 441 g/mol. The Kier molecular flexibility index (Phi) is 6.81. The minimum Gasteiger partial charge on any atom is -0.490 e. The fourth-order valence-corrected chi connectivity index (χ4v) is 3.96. The molecule has 0 radical (unpaired) electrons. The fraction of sp³-hybridized carbons (Fsp3) is 0.455. The van der Waals surface area contributed by atoms with Gasteiger partial charge in [0.15, 0.2) is 5.82 Å². The maximum absolute atomic E-state index is 11.2. The number of amides is 1. The summed E-state index contributed by atoms with van der Waals surface area (Å²) in [5, 5.41) is 30.2. The van der Waals surface area contributed by atoms with Crippen molar-refractivity contribution in [3.63, 3.8) is 0 Å². The number of rotatable bonds is 8. The van der Waals surface area contributed by atoms with Crippen LogP contribution in [0, 0.1) is 0 Å². The van der Waals surface area contributed by atoms with Crippen LogP contribution in [-0.4, -0.2) is 67.3 Å². The molecule has 1 aliphatic carbocycles. The number of aliphatic hydroxyl groups is 2. The molecule has 32 heavy (non-hydrogen) atoms. The summed E-state index contributed by atoms with van der Waals surface area (Å²) >= 11 is 0. The van der Waals surface area contributed by atoms with Crippen molar-refractivity contribution >= 4 is 22.8 Å². The first kappa shape index (κ1) is 22.0. The van der Waals surface area contributed by atoms with Crippen molar-refractivity contribution in [3.8, 4) is 11.6 Å². The van der Waals surface area contributed by atoms with Crippen LogP contribution in [-0.2, 0) is 4.79 Å². The van der Waals surface area contributed by atoms with Gasteiger partial charge in [-0.05, 0) is 37.8 Å². The number of carbonyl (C=O) groups excluding carboxylic acids is 1. The molecule has 1 aliphatic rings. The van der Waals surface area contributed by atoms with Gasteiger partial charge in [-0.2, -0.15) is 10.1 Å². The fourth-order valence-electron chi connectivity index (χ4n) is 3.96. The number of fused-ring (bicyclic) bond motifs is 1. The smallest absolute Gasteiger partial charge is 0.224 e. The SMILES string of the molecule is CC(=O)N[C@H]1CC[C@H](Nc2nccc(-n3ncc4c(OC[C@@H](O)CO)cccc43)n2)CC1. The summed E-state index contributed by atoms with van der Waals surface area (Å²) in [6, 6.07) is 7.83. The van der Waals surface area contributed by atoms with Crippen LogP contribution in [0.1, 0.15) is 32.6 Å². The Hall–Kier alpha value is -3.24. The molecule has 0 unspecified atom stereocenters. The molecule has 1 aromatic carbocycles. The van der Waals surface area contributed by atoms with Gasteiger partial charge in [0.2, 0.25) is 11.9 Å². The number of benzene rings is 1. The highest BCUT2D eigenvalue weighted by molar-refractivity contribution is 5.86. The third kappa shape index (κ3) is 5.14. The van der Waals surface area contributed by atoms with Gasteiger partial charge in [-0.1, -0.05) is 6.07 Å². The predicted octanol–water partition coefficient (Wildman–Crippen LogP) is 1.41. The predicted molar refractivity (Wildman–Crippen MR) is 119 cm³/mol. The molecule has 2 aromatic heterocycles. The Morgan fingerprint density at radius 2 is 2.03 bits per heavy atom. The van der Waals surface area contributed by atoms with Crippen LogP contribution in [0.2, 0.25) is 0 Å². The summed E-state index contributed by atoms with van der Waals surface area (Å²) in [6.07, 6.45) is 6.16. The summed E-state index contributed by atoms with van der Waals surface area (Å²) in [6.45, 7) is 1.18. The number of hydrogen-bond acceptors (Lipinski definition) is 8. The molecule has 3 aromatic rings. The molecule has 1 atom stereocenters. The van der Waals surface area contributed by atoms with E-state index in [1.165, 1.54) is 0 Å². The zero-order valence-corrected chi connectivity index (χ0v) is 17.9. The van der Waals surface area contributed by atoms with Gasteiger partial charge >= 0.3 is 0 Å². The normalized spacial score (nSPS) is 19.5. The third-order valence-corrected chi connectivity index (χ3v) is 5.54. The number of hydrogen-bond donors (Lipinski definition) is 4. The number of aliphatic hydroxyl groups excluding tert-OH is 2. The van der Waals surface area contributed by atoms with E-state index in [1.807, 2.05) is 12.1 Å². The van der Waals surface area contributed by atoms with Gasteiger partial charge in [-0.25, -0.2) is 9.67 Å². The van der Waals surface area contributed by atoms with Crippen molar-refractivity contribution in [1.29, 1.82) is 0 Å². The quantitative estimate of drug-likeness (QED) is 0.413. The number of aromatic nitrogens is 4. The lowest BCUT2D eigenvalue weighted by Gasteiger charge is -2.29. The molecule has 0 spiro atoms. The molecule has 0 aliphatic heterocycles. The molecule has 1 saturated carbocycles. The van der Waals surface area contributed by atoms with Crippen LogP contribution in [0.25, 0.3) is 16.7 Å². The van der Waals surface area contributed by atoms with Crippen LogP contribution >= 0.6 is 0 Å². The number of nitrogens with zero attached hydrogens (tertiary/aromatic N) is 4. The molecule has 2 heterocycles. The Balaban J connectivity index is 1.47. The number of ether oxygens (including phenoxy) is 1. The second-order valence-electron chi connectivity index (χ2n) is 8.02. The topological polar surface area (TPSA) is 134 Å².